The Balaban J connectivity index is 1.70. The molecular weight excluding hydrogens is 351 g/mol. The Morgan fingerprint density at radius 3 is 2.52 bits per heavy atom. The third-order valence-electron chi connectivity index (χ3n) is 3.99. The van der Waals surface area contributed by atoms with Gasteiger partial charge in [-0.1, -0.05) is 42.0 Å². The molecule has 0 unspecified atom stereocenters. The van der Waals surface area contributed by atoms with Gasteiger partial charge in [0, 0.05) is 16.7 Å². The van der Waals surface area contributed by atoms with Crippen LogP contribution in [-0.2, 0) is 5.75 Å². The maximum Gasteiger partial charge on any atom is 0.128 e. The molecule has 0 saturated heterocycles. The number of hydrogen-bond donors (Lipinski definition) is 0. The molecule has 4 aromatic rings. The van der Waals surface area contributed by atoms with Crippen molar-refractivity contribution in [2.75, 3.05) is 0 Å². The molecule has 0 aliphatic heterocycles. The summed E-state index contributed by atoms with van der Waals surface area (Å²) in [4.78, 5) is 9.91. The molecule has 0 atom stereocenters. The molecule has 0 N–H and O–H groups in total. The Morgan fingerprint density at radius 1 is 1.00 bits per heavy atom. The zero-order valence-corrected chi connectivity index (χ0v) is 15.2. The maximum absolute atomic E-state index is 13.1. The highest BCUT2D eigenvalue weighted by molar-refractivity contribution is 7.98. The van der Waals surface area contributed by atoms with E-state index in [1.807, 2.05) is 12.1 Å². The summed E-state index contributed by atoms with van der Waals surface area (Å²) in [6.45, 7) is 2.09. The van der Waals surface area contributed by atoms with Crippen molar-refractivity contribution in [3.05, 3.63) is 77.2 Å². The molecule has 2 aromatic heterocycles. The van der Waals surface area contributed by atoms with Gasteiger partial charge in [-0.25, -0.2) is 14.4 Å². The van der Waals surface area contributed by atoms with Gasteiger partial charge in [0.25, 0.3) is 0 Å². The number of aromatic nitrogens is 2. The summed E-state index contributed by atoms with van der Waals surface area (Å²) >= 11 is 3.30. The Kier molecular flexibility index (Phi) is 4.51. The SMILES string of the molecule is Cc1ccc(-c2csc3ncnc(SCc4ccc(F)cc4)c23)cc1. The molecule has 0 radical (unpaired) electrons. The molecular formula is C20H15FN2S2. The molecule has 0 bridgehead atoms. The summed E-state index contributed by atoms with van der Waals surface area (Å²) in [6.07, 6.45) is 1.62. The Bertz CT molecular complexity index is 1010. The summed E-state index contributed by atoms with van der Waals surface area (Å²) in [6, 6.07) is 15.1. The van der Waals surface area contributed by atoms with Gasteiger partial charge in [0.05, 0.1) is 5.39 Å². The van der Waals surface area contributed by atoms with Crippen LogP contribution in [0.3, 0.4) is 0 Å². The van der Waals surface area contributed by atoms with Crippen molar-refractivity contribution in [2.45, 2.75) is 17.7 Å². The van der Waals surface area contributed by atoms with Crippen LogP contribution in [0, 0.1) is 12.7 Å². The summed E-state index contributed by atoms with van der Waals surface area (Å²) in [5.41, 5.74) is 4.66. The van der Waals surface area contributed by atoms with Crippen LogP contribution >= 0.6 is 23.1 Å². The maximum atomic E-state index is 13.1. The predicted octanol–water partition coefficient (Wildman–Crippen LogP) is 6.10. The quantitative estimate of drug-likeness (QED) is 0.322. The van der Waals surface area contributed by atoms with Crippen LogP contribution in [-0.4, -0.2) is 9.97 Å². The lowest BCUT2D eigenvalue weighted by Crippen LogP contribution is -1.88. The van der Waals surface area contributed by atoms with E-state index in [0.717, 1.165) is 26.6 Å². The largest absolute Gasteiger partial charge is 0.229 e. The van der Waals surface area contributed by atoms with Gasteiger partial charge in [-0.15, -0.1) is 23.1 Å². The highest BCUT2D eigenvalue weighted by Crippen LogP contribution is 2.38. The molecule has 0 saturated carbocycles. The first-order valence-corrected chi connectivity index (χ1v) is 9.74. The number of fused-ring (bicyclic) bond motifs is 1. The van der Waals surface area contributed by atoms with Gasteiger partial charge in [-0.2, -0.15) is 0 Å². The molecule has 124 valence electrons. The van der Waals surface area contributed by atoms with Crippen molar-refractivity contribution >= 4 is 33.3 Å². The van der Waals surface area contributed by atoms with Crippen LogP contribution in [0.15, 0.2) is 65.3 Å². The minimum atomic E-state index is -0.210. The number of nitrogens with zero attached hydrogens (tertiary/aromatic N) is 2. The molecule has 0 fully saturated rings. The summed E-state index contributed by atoms with van der Waals surface area (Å²) in [7, 11) is 0. The van der Waals surface area contributed by atoms with Gasteiger partial charge in [-0.05, 0) is 30.2 Å². The molecule has 4 rings (SSSR count). The molecule has 0 aliphatic carbocycles. The first-order valence-electron chi connectivity index (χ1n) is 7.87. The number of rotatable bonds is 4. The Labute approximate surface area is 153 Å². The van der Waals surface area contributed by atoms with Gasteiger partial charge in [0.1, 0.15) is 22.0 Å². The second-order valence-electron chi connectivity index (χ2n) is 5.79. The van der Waals surface area contributed by atoms with Crippen LogP contribution in [0.2, 0.25) is 0 Å². The first-order chi connectivity index (χ1) is 12.2. The number of thiophene rings is 1. The van der Waals surface area contributed by atoms with Gasteiger partial charge in [0.2, 0.25) is 0 Å². The van der Waals surface area contributed by atoms with Gasteiger partial charge < -0.3 is 0 Å². The van der Waals surface area contributed by atoms with E-state index in [2.05, 4.69) is 46.5 Å². The van der Waals surface area contributed by atoms with Crippen molar-refractivity contribution in [1.82, 2.24) is 9.97 Å². The summed E-state index contributed by atoms with van der Waals surface area (Å²) in [5, 5.41) is 4.21. The molecule has 0 spiro atoms. The lowest BCUT2D eigenvalue weighted by atomic mass is 10.1. The molecule has 0 amide bonds. The third-order valence-corrected chi connectivity index (χ3v) is 5.93. The first kappa shape index (κ1) is 16.2. The van der Waals surface area contributed by atoms with Crippen molar-refractivity contribution in [3.8, 4) is 11.1 Å². The van der Waals surface area contributed by atoms with Crippen LogP contribution in [0.4, 0.5) is 4.39 Å². The Hall–Kier alpha value is -2.24. The number of aryl methyl sites for hydroxylation is 1. The van der Waals surface area contributed by atoms with E-state index in [9.17, 15) is 4.39 Å². The predicted molar refractivity (Wildman–Crippen MR) is 104 cm³/mol. The second-order valence-corrected chi connectivity index (χ2v) is 7.61. The van der Waals surface area contributed by atoms with E-state index in [1.54, 1.807) is 29.4 Å². The number of thioether (sulfide) groups is 1. The fraction of sp³-hybridized carbons (Fsp3) is 0.100. The molecule has 2 aromatic carbocycles. The molecule has 2 nitrogen and oxygen atoms in total. The standard InChI is InChI=1S/C20H15FN2S2/c1-13-2-6-15(7-3-13)17-11-25-20-18(17)19(22-12-23-20)24-10-14-4-8-16(21)9-5-14/h2-9,11-12H,10H2,1H3. The fourth-order valence-corrected chi connectivity index (χ4v) is 4.58. The van der Waals surface area contributed by atoms with Gasteiger partial charge in [-0.3, -0.25) is 0 Å². The molecule has 5 heteroatoms. The van der Waals surface area contributed by atoms with Crippen molar-refractivity contribution < 1.29 is 4.39 Å². The number of benzene rings is 2. The van der Waals surface area contributed by atoms with E-state index in [1.165, 1.54) is 28.8 Å². The minimum absolute atomic E-state index is 0.210. The van der Waals surface area contributed by atoms with E-state index >= 15 is 0 Å². The van der Waals surface area contributed by atoms with Crippen molar-refractivity contribution in [3.63, 3.8) is 0 Å². The lowest BCUT2D eigenvalue weighted by molar-refractivity contribution is 0.627. The summed E-state index contributed by atoms with van der Waals surface area (Å²) in [5.74, 6) is 0.535. The van der Waals surface area contributed by atoms with Crippen LogP contribution in [0.1, 0.15) is 11.1 Å². The van der Waals surface area contributed by atoms with Crippen LogP contribution in [0.5, 0.6) is 0 Å². The molecule has 2 heterocycles. The minimum Gasteiger partial charge on any atom is -0.229 e. The van der Waals surface area contributed by atoms with Crippen molar-refractivity contribution in [2.24, 2.45) is 0 Å². The van der Waals surface area contributed by atoms with Crippen LogP contribution in [0.25, 0.3) is 21.3 Å². The highest BCUT2D eigenvalue weighted by Gasteiger charge is 2.13. The second kappa shape index (κ2) is 6.94. The lowest BCUT2D eigenvalue weighted by Gasteiger charge is -2.06. The average Bonchev–Trinajstić information content (AvgIpc) is 3.07. The highest BCUT2D eigenvalue weighted by atomic mass is 32.2. The summed E-state index contributed by atoms with van der Waals surface area (Å²) < 4.78 is 13.1. The van der Waals surface area contributed by atoms with E-state index in [-0.39, 0.29) is 5.82 Å². The van der Waals surface area contributed by atoms with E-state index < -0.39 is 0 Å². The van der Waals surface area contributed by atoms with E-state index in [0.29, 0.717) is 0 Å². The molecule has 25 heavy (non-hydrogen) atoms. The monoisotopic (exact) mass is 366 g/mol. The number of hydrogen-bond acceptors (Lipinski definition) is 4. The fourth-order valence-electron chi connectivity index (χ4n) is 2.64. The van der Waals surface area contributed by atoms with E-state index in [4.69, 9.17) is 0 Å². The zero-order chi connectivity index (χ0) is 17.2. The zero-order valence-electron chi connectivity index (χ0n) is 13.6. The van der Waals surface area contributed by atoms with Gasteiger partial charge in [0.15, 0.2) is 0 Å². The average molecular weight is 366 g/mol. The van der Waals surface area contributed by atoms with Crippen molar-refractivity contribution in [1.29, 1.82) is 0 Å². The normalized spacial score (nSPS) is 11.1. The number of halogens is 1. The smallest absolute Gasteiger partial charge is 0.128 e. The Morgan fingerprint density at radius 2 is 1.76 bits per heavy atom. The molecule has 0 aliphatic rings. The van der Waals surface area contributed by atoms with Crippen LogP contribution < -0.4 is 0 Å². The van der Waals surface area contributed by atoms with Gasteiger partial charge >= 0.3 is 0 Å². The topological polar surface area (TPSA) is 25.8 Å². The third kappa shape index (κ3) is 3.43.